The monoisotopic (exact) mass is 456 g/mol. The molecule has 2 rings (SSSR count). The number of amides is 1. The minimum absolute atomic E-state index is 0.0203. The van der Waals surface area contributed by atoms with Crippen molar-refractivity contribution in [3.05, 3.63) is 29.7 Å². The van der Waals surface area contributed by atoms with E-state index in [-0.39, 0.29) is 35.4 Å². The van der Waals surface area contributed by atoms with Crippen LogP contribution in [0.3, 0.4) is 0 Å². The van der Waals surface area contributed by atoms with Crippen molar-refractivity contribution in [2.24, 2.45) is 0 Å². The number of anilines is 1. The lowest BCUT2D eigenvalue weighted by Crippen LogP contribution is -2.28. The number of hydrogen-bond acceptors (Lipinski definition) is 5. The molecule has 1 N–H and O–H groups in total. The van der Waals surface area contributed by atoms with Crippen molar-refractivity contribution in [3.63, 3.8) is 0 Å². The van der Waals surface area contributed by atoms with E-state index in [1.54, 1.807) is 12.1 Å². The Balaban J connectivity index is 1.93. The first-order valence-corrected chi connectivity index (χ1v) is 10.8. The summed E-state index contributed by atoms with van der Waals surface area (Å²) in [7, 11) is -0.00863. The maximum atomic E-state index is 12.3. The zero-order valence-electron chi connectivity index (χ0n) is 14.8. The number of nitrogens with zero attached hydrogens (tertiary/aromatic N) is 3. The largest absolute Gasteiger partial charge is 0.389 e. The van der Waals surface area contributed by atoms with E-state index in [0.717, 1.165) is 16.1 Å². The summed E-state index contributed by atoms with van der Waals surface area (Å²) in [6.45, 7) is 0. The summed E-state index contributed by atoms with van der Waals surface area (Å²) in [6.07, 6.45) is -2.70. The zero-order valence-corrected chi connectivity index (χ0v) is 17.2. The molecule has 0 aliphatic carbocycles. The molecule has 1 amide bonds. The van der Waals surface area contributed by atoms with E-state index in [1.807, 2.05) is 0 Å². The molecule has 2 aromatic heterocycles. The quantitative estimate of drug-likeness (QED) is 0.488. The fourth-order valence-electron chi connectivity index (χ4n) is 2.23. The summed E-state index contributed by atoms with van der Waals surface area (Å²) in [4.78, 5) is 17.8. The first-order valence-electron chi connectivity index (χ1n) is 8.12. The normalized spacial score (nSPS) is 12.8. The lowest BCUT2D eigenvalue weighted by atomic mass is 10.3. The summed E-state index contributed by atoms with van der Waals surface area (Å²) in [5.74, 6) is -0.489. The highest BCUT2D eigenvalue weighted by Gasteiger charge is 2.26. The molecule has 1 unspecified atom stereocenters. The smallest absolute Gasteiger partial charge is 0.304 e. The van der Waals surface area contributed by atoms with Crippen molar-refractivity contribution in [1.82, 2.24) is 4.98 Å². The molecule has 0 radical (unpaired) electrons. The molecule has 0 fully saturated rings. The molecule has 0 aromatic carbocycles. The first kappa shape index (κ1) is 22.6. The topological polar surface area (TPSA) is 74.4 Å². The van der Waals surface area contributed by atoms with Gasteiger partial charge in [0.15, 0.2) is 5.15 Å². The molecule has 154 valence electrons. The predicted octanol–water partition coefficient (Wildman–Crippen LogP) is 3.43. The molecule has 0 spiro atoms. The van der Waals surface area contributed by atoms with E-state index in [0.29, 0.717) is 15.6 Å². The number of thiazole rings is 1. The van der Waals surface area contributed by atoms with Crippen LogP contribution in [0.4, 0.5) is 18.2 Å². The van der Waals surface area contributed by atoms with Crippen molar-refractivity contribution < 1.29 is 32.1 Å². The summed E-state index contributed by atoms with van der Waals surface area (Å²) >= 11 is 7.26. The van der Waals surface area contributed by atoms with Gasteiger partial charge in [0.25, 0.3) is 0 Å². The molecule has 12 heteroatoms. The van der Waals surface area contributed by atoms with E-state index in [1.165, 1.54) is 24.3 Å². The Labute approximate surface area is 171 Å². The van der Waals surface area contributed by atoms with E-state index in [4.69, 9.17) is 11.6 Å². The van der Waals surface area contributed by atoms with E-state index < -0.39 is 23.4 Å². The Bertz CT molecular complexity index is 861. The molecule has 2 heterocycles. The van der Waals surface area contributed by atoms with Crippen LogP contribution in [0, 0.1) is 0 Å². The van der Waals surface area contributed by atoms with Gasteiger partial charge in [-0.15, -0.1) is 0 Å². The van der Waals surface area contributed by atoms with Gasteiger partial charge in [0, 0.05) is 53.0 Å². The number of halogens is 4. The molecule has 0 aliphatic rings. The SMILES string of the molecule is CN(C(=O)CCS(=O)CCCC(F)(F)F)c1sc(-c2ccc[n+](O)c2)nc1Cl. The van der Waals surface area contributed by atoms with Crippen LogP contribution in [-0.2, 0) is 15.6 Å². The number of aromatic nitrogens is 2. The van der Waals surface area contributed by atoms with Gasteiger partial charge in [-0.05, 0) is 12.5 Å². The highest BCUT2D eigenvalue weighted by Crippen LogP contribution is 2.37. The summed E-state index contributed by atoms with van der Waals surface area (Å²) < 4.78 is 49.0. The second-order valence-electron chi connectivity index (χ2n) is 5.86. The lowest BCUT2D eigenvalue weighted by Gasteiger charge is -2.15. The summed E-state index contributed by atoms with van der Waals surface area (Å²) in [5.41, 5.74) is 0.606. The van der Waals surface area contributed by atoms with E-state index in [2.05, 4.69) is 4.98 Å². The number of carbonyl (C=O) groups is 1. The molecule has 0 aliphatic heterocycles. The molecule has 2 aromatic rings. The molecular weight excluding hydrogens is 439 g/mol. The second kappa shape index (κ2) is 9.66. The van der Waals surface area contributed by atoms with Crippen LogP contribution in [0.15, 0.2) is 24.5 Å². The van der Waals surface area contributed by atoms with Gasteiger partial charge in [-0.2, -0.15) is 13.2 Å². The third-order valence-electron chi connectivity index (χ3n) is 3.66. The zero-order chi connectivity index (χ0) is 20.9. The van der Waals surface area contributed by atoms with Crippen molar-refractivity contribution >= 4 is 44.6 Å². The van der Waals surface area contributed by atoms with Gasteiger partial charge in [0.05, 0.1) is 5.56 Å². The van der Waals surface area contributed by atoms with Gasteiger partial charge >= 0.3 is 6.18 Å². The molecule has 0 saturated heterocycles. The highest BCUT2D eigenvalue weighted by molar-refractivity contribution is 7.84. The third kappa shape index (κ3) is 6.71. The Kier molecular flexibility index (Phi) is 7.79. The van der Waals surface area contributed by atoms with Crippen LogP contribution in [-0.4, -0.2) is 45.0 Å². The van der Waals surface area contributed by atoms with Crippen molar-refractivity contribution in [1.29, 1.82) is 0 Å². The van der Waals surface area contributed by atoms with Crippen LogP contribution >= 0.6 is 22.9 Å². The van der Waals surface area contributed by atoms with Gasteiger partial charge in [-0.1, -0.05) is 22.9 Å². The van der Waals surface area contributed by atoms with Crippen LogP contribution in [0.1, 0.15) is 19.3 Å². The number of hydrogen-bond donors (Lipinski definition) is 1. The van der Waals surface area contributed by atoms with Gasteiger partial charge in [0.2, 0.25) is 18.3 Å². The molecule has 1 atom stereocenters. The average Bonchev–Trinajstić information content (AvgIpc) is 2.99. The van der Waals surface area contributed by atoms with Crippen LogP contribution in [0.5, 0.6) is 0 Å². The fourth-order valence-corrected chi connectivity index (χ4v) is 4.61. The Hall–Kier alpha value is -1.72. The average molecular weight is 457 g/mol. The number of alkyl halides is 3. The van der Waals surface area contributed by atoms with Crippen molar-refractivity contribution in [3.8, 4) is 10.6 Å². The van der Waals surface area contributed by atoms with Crippen LogP contribution < -0.4 is 9.63 Å². The van der Waals surface area contributed by atoms with Gasteiger partial charge < -0.3 is 4.90 Å². The van der Waals surface area contributed by atoms with Crippen LogP contribution in [0.2, 0.25) is 5.15 Å². The molecule has 0 saturated carbocycles. The summed E-state index contributed by atoms with van der Waals surface area (Å²) in [6, 6.07) is 3.34. The molecule has 6 nitrogen and oxygen atoms in total. The first-order chi connectivity index (χ1) is 13.1. The molecule has 0 bridgehead atoms. The third-order valence-corrected chi connectivity index (χ3v) is 6.62. The molecular formula is C16H18ClF3N3O3S2+. The lowest BCUT2D eigenvalue weighted by molar-refractivity contribution is -0.904. The van der Waals surface area contributed by atoms with Crippen molar-refractivity contribution in [2.45, 2.75) is 25.4 Å². The minimum atomic E-state index is -4.27. The Morgan fingerprint density at radius 2 is 2.14 bits per heavy atom. The van der Waals surface area contributed by atoms with Gasteiger partial charge in [-0.3, -0.25) is 14.2 Å². The maximum absolute atomic E-state index is 12.3. The summed E-state index contributed by atoms with van der Waals surface area (Å²) in [5, 5.41) is 10.5. The number of rotatable bonds is 8. The molecule has 28 heavy (non-hydrogen) atoms. The highest BCUT2D eigenvalue weighted by atomic mass is 35.5. The van der Waals surface area contributed by atoms with E-state index >= 15 is 0 Å². The van der Waals surface area contributed by atoms with Crippen molar-refractivity contribution in [2.75, 3.05) is 23.5 Å². The Morgan fingerprint density at radius 1 is 1.43 bits per heavy atom. The standard InChI is InChI=1S/C16H18ClF3N3O3S2/c1-22(12(24)5-9-28(26)8-3-6-16(18,19)20)15-13(17)21-14(27-15)11-4-2-7-23(25)10-11/h2,4,7,10,25H,3,5-6,8-9H2,1H3/q+1. The van der Waals surface area contributed by atoms with Gasteiger partial charge in [0.1, 0.15) is 10.0 Å². The second-order valence-corrected chi connectivity index (χ2v) is 8.89. The van der Waals surface area contributed by atoms with E-state index in [9.17, 15) is 27.4 Å². The van der Waals surface area contributed by atoms with Gasteiger partial charge in [-0.25, -0.2) is 4.98 Å². The number of carbonyl (C=O) groups excluding carboxylic acids is 1. The predicted molar refractivity (Wildman–Crippen MR) is 101 cm³/mol. The minimum Gasteiger partial charge on any atom is -0.304 e. The number of pyridine rings is 1. The van der Waals surface area contributed by atoms with Crippen LogP contribution in [0.25, 0.3) is 10.6 Å². The fraction of sp³-hybridized carbons (Fsp3) is 0.438. The maximum Gasteiger partial charge on any atom is 0.389 e. The Morgan fingerprint density at radius 3 is 2.79 bits per heavy atom.